The van der Waals surface area contributed by atoms with Crippen LogP contribution in [0.5, 0.6) is 0 Å². The minimum absolute atomic E-state index is 0.0563. The summed E-state index contributed by atoms with van der Waals surface area (Å²) in [5.74, 6) is 1.77. The smallest absolute Gasteiger partial charge is 0.233 e. The number of aliphatic imine (C=N–C) groups is 1. The molecular weight excluding hydrogens is 262 g/mol. The van der Waals surface area contributed by atoms with Crippen LogP contribution in [0.15, 0.2) is 46.8 Å². The van der Waals surface area contributed by atoms with Gasteiger partial charge in [0, 0.05) is 5.56 Å². The van der Waals surface area contributed by atoms with Crippen LogP contribution in [0.2, 0.25) is 0 Å². The molecule has 1 aromatic heterocycles. The van der Waals surface area contributed by atoms with E-state index in [1.54, 1.807) is 23.1 Å². The third-order valence-corrected chi connectivity index (χ3v) is 4.53. The highest BCUT2D eigenvalue weighted by atomic mass is 32.2. The summed E-state index contributed by atoms with van der Waals surface area (Å²) in [5, 5.41) is 2.05. The Morgan fingerprint density at radius 1 is 1.28 bits per heavy atom. The summed E-state index contributed by atoms with van der Waals surface area (Å²) in [7, 11) is 0. The zero-order valence-electron chi connectivity index (χ0n) is 10.00. The standard InChI is InChI=1S/C14H13NOS2/c1-2-17-14-10-6-3-4-7-11(10)15-13(16-14)12-8-5-9-18-12/h3-9,14H,2H2,1H3. The van der Waals surface area contributed by atoms with E-state index in [4.69, 9.17) is 4.74 Å². The molecule has 18 heavy (non-hydrogen) atoms. The molecule has 1 aromatic carbocycles. The van der Waals surface area contributed by atoms with E-state index in [2.05, 4.69) is 24.0 Å². The van der Waals surface area contributed by atoms with Gasteiger partial charge in [0.05, 0.1) is 10.6 Å². The number of para-hydroxylation sites is 1. The highest BCUT2D eigenvalue weighted by Gasteiger charge is 2.24. The second kappa shape index (κ2) is 5.16. The predicted molar refractivity (Wildman–Crippen MR) is 78.9 cm³/mol. The van der Waals surface area contributed by atoms with Gasteiger partial charge in [-0.05, 0) is 23.3 Å². The molecule has 0 saturated heterocycles. The lowest BCUT2D eigenvalue weighted by Crippen LogP contribution is -2.14. The molecule has 1 aliphatic rings. The summed E-state index contributed by atoms with van der Waals surface area (Å²) in [4.78, 5) is 5.70. The van der Waals surface area contributed by atoms with Crippen molar-refractivity contribution >= 4 is 34.7 Å². The molecule has 1 aliphatic heterocycles. The Kier molecular flexibility index (Phi) is 3.39. The average molecular weight is 275 g/mol. The van der Waals surface area contributed by atoms with Crippen molar-refractivity contribution in [1.82, 2.24) is 0 Å². The lowest BCUT2D eigenvalue weighted by molar-refractivity contribution is 0.278. The molecule has 0 radical (unpaired) electrons. The van der Waals surface area contributed by atoms with E-state index in [-0.39, 0.29) is 5.44 Å². The quantitative estimate of drug-likeness (QED) is 0.816. The molecule has 0 bridgehead atoms. The number of rotatable bonds is 3. The van der Waals surface area contributed by atoms with Gasteiger partial charge in [0.1, 0.15) is 0 Å². The maximum absolute atomic E-state index is 6.02. The number of nitrogens with zero attached hydrogens (tertiary/aromatic N) is 1. The second-order valence-electron chi connectivity index (χ2n) is 3.86. The predicted octanol–water partition coefficient (Wildman–Crippen LogP) is 4.61. The maximum atomic E-state index is 6.02. The monoisotopic (exact) mass is 275 g/mol. The van der Waals surface area contributed by atoms with E-state index in [0.29, 0.717) is 0 Å². The molecule has 0 saturated carbocycles. The van der Waals surface area contributed by atoms with Crippen molar-refractivity contribution in [2.45, 2.75) is 12.4 Å². The van der Waals surface area contributed by atoms with Crippen molar-refractivity contribution in [3.63, 3.8) is 0 Å². The first-order chi connectivity index (χ1) is 8.88. The van der Waals surface area contributed by atoms with E-state index >= 15 is 0 Å². The normalized spacial score (nSPS) is 17.8. The van der Waals surface area contributed by atoms with Gasteiger partial charge >= 0.3 is 0 Å². The number of ether oxygens (including phenoxy) is 1. The fourth-order valence-electron chi connectivity index (χ4n) is 1.88. The average Bonchev–Trinajstić information content (AvgIpc) is 2.93. The topological polar surface area (TPSA) is 21.6 Å². The van der Waals surface area contributed by atoms with Gasteiger partial charge in [-0.15, -0.1) is 23.1 Å². The van der Waals surface area contributed by atoms with Crippen LogP contribution >= 0.6 is 23.1 Å². The number of thioether (sulfide) groups is 1. The van der Waals surface area contributed by atoms with Gasteiger partial charge in [-0.3, -0.25) is 0 Å². The number of fused-ring (bicyclic) bond motifs is 1. The Morgan fingerprint density at radius 3 is 2.94 bits per heavy atom. The largest absolute Gasteiger partial charge is 0.457 e. The summed E-state index contributed by atoms with van der Waals surface area (Å²) < 4.78 is 6.02. The lowest BCUT2D eigenvalue weighted by Gasteiger charge is -2.24. The third-order valence-electron chi connectivity index (χ3n) is 2.68. The maximum Gasteiger partial charge on any atom is 0.233 e. The van der Waals surface area contributed by atoms with E-state index in [9.17, 15) is 0 Å². The van der Waals surface area contributed by atoms with Crippen LogP contribution in [0.25, 0.3) is 0 Å². The molecule has 92 valence electrons. The van der Waals surface area contributed by atoms with Crippen LogP contribution in [0, 0.1) is 0 Å². The molecule has 1 unspecified atom stereocenters. The Hall–Kier alpha value is -1.26. The molecule has 0 N–H and O–H groups in total. The number of hydrogen-bond acceptors (Lipinski definition) is 4. The summed E-state index contributed by atoms with van der Waals surface area (Å²) in [5.41, 5.74) is 2.25. The van der Waals surface area contributed by atoms with Gasteiger partial charge in [0.15, 0.2) is 5.44 Å². The van der Waals surface area contributed by atoms with E-state index < -0.39 is 0 Å². The number of thiophene rings is 1. The van der Waals surface area contributed by atoms with Crippen molar-refractivity contribution in [2.24, 2.45) is 4.99 Å². The van der Waals surface area contributed by atoms with Crippen molar-refractivity contribution < 1.29 is 4.74 Å². The first kappa shape index (κ1) is 11.8. The molecular formula is C14H13NOS2. The van der Waals surface area contributed by atoms with Crippen molar-refractivity contribution in [1.29, 1.82) is 0 Å². The molecule has 3 rings (SSSR count). The van der Waals surface area contributed by atoms with Crippen LogP contribution in [0.1, 0.15) is 22.8 Å². The molecule has 2 aromatic rings. The first-order valence-corrected chi connectivity index (χ1v) is 7.81. The third kappa shape index (κ3) is 2.18. The molecule has 4 heteroatoms. The van der Waals surface area contributed by atoms with E-state index in [0.717, 1.165) is 22.2 Å². The van der Waals surface area contributed by atoms with Gasteiger partial charge in [0.2, 0.25) is 5.90 Å². The summed E-state index contributed by atoms with van der Waals surface area (Å²) in [6.07, 6.45) is 0. The van der Waals surface area contributed by atoms with Crippen LogP contribution in [-0.4, -0.2) is 11.7 Å². The van der Waals surface area contributed by atoms with Gasteiger partial charge in [-0.1, -0.05) is 31.2 Å². The minimum atomic E-state index is 0.0563. The highest BCUT2D eigenvalue weighted by Crippen LogP contribution is 2.40. The summed E-state index contributed by atoms with van der Waals surface area (Å²) in [6.45, 7) is 2.15. The molecule has 1 atom stereocenters. The van der Waals surface area contributed by atoms with Gasteiger partial charge < -0.3 is 4.74 Å². The number of hydrogen-bond donors (Lipinski definition) is 0. The van der Waals surface area contributed by atoms with Crippen LogP contribution < -0.4 is 0 Å². The van der Waals surface area contributed by atoms with Gasteiger partial charge in [-0.2, -0.15) is 0 Å². The number of benzene rings is 1. The zero-order chi connectivity index (χ0) is 12.4. The molecule has 2 heterocycles. The lowest BCUT2D eigenvalue weighted by atomic mass is 10.2. The summed E-state index contributed by atoms with van der Waals surface area (Å²) in [6, 6.07) is 12.3. The minimum Gasteiger partial charge on any atom is -0.457 e. The highest BCUT2D eigenvalue weighted by molar-refractivity contribution is 7.99. The molecule has 0 amide bonds. The van der Waals surface area contributed by atoms with Crippen LogP contribution in [0.3, 0.4) is 0 Å². The Morgan fingerprint density at radius 2 is 2.17 bits per heavy atom. The second-order valence-corrected chi connectivity index (χ2v) is 6.14. The Labute approximate surface area is 115 Å². The van der Waals surface area contributed by atoms with Crippen molar-refractivity contribution in [3.8, 4) is 0 Å². The van der Waals surface area contributed by atoms with E-state index in [1.807, 2.05) is 29.6 Å². The zero-order valence-corrected chi connectivity index (χ0v) is 11.6. The summed E-state index contributed by atoms with van der Waals surface area (Å²) >= 11 is 3.46. The molecule has 0 aliphatic carbocycles. The SMILES string of the molecule is CCSC1OC(c2cccs2)=Nc2ccccc21. The van der Waals surface area contributed by atoms with Gasteiger partial charge in [-0.25, -0.2) is 4.99 Å². The van der Waals surface area contributed by atoms with Crippen molar-refractivity contribution in [3.05, 3.63) is 52.2 Å². The van der Waals surface area contributed by atoms with Crippen LogP contribution in [0.4, 0.5) is 5.69 Å². The first-order valence-electron chi connectivity index (χ1n) is 5.88. The van der Waals surface area contributed by atoms with Gasteiger partial charge in [0.25, 0.3) is 0 Å². The molecule has 0 fully saturated rings. The van der Waals surface area contributed by atoms with E-state index in [1.165, 1.54) is 5.56 Å². The fourth-order valence-corrected chi connectivity index (χ4v) is 3.37. The molecule has 2 nitrogen and oxygen atoms in total. The Bertz CT molecular complexity index is 563. The van der Waals surface area contributed by atoms with Crippen LogP contribution in [-0.2, 0) is 4.74 Å². The fraction of sp³-hybridized carbons (Fsp3) is 0.214. The molecule has 0 spiro atoms. The Balaban J connectivity index is 2.03. The van der Waals surface area contributed by atoms with Crippen molar-refractivity contribution in [2.75, 3.05) is 5.75 Å².